The van der Waals surface area contributed by atoms with Crippen molar-refractivity contribution in [2.75, 3.05) is 0 Å². The second-order valence-electron chi connectivity index (χ2n) is 6.81. The predicted octanol–water partition coefficient (Wildman–Crippen LogP) is -0.0871. The number of nitrogens with zero attached hydrogens (tertiary/aromatic N) is 3. The van der Waals surface area contributed by atoms with Gasteiger partial charge in [-0.05, 0) is 33.8 Å². The maximum Gasteiger partial charge on any atom is 0.348 e. The van der Waals surface area contributed by atoms with Crippen molar-refractivity contribution in [3.8, 4) is 0 Å². The van der Waals surface area contributed by atoms with Crippen molar-refractivity contribution in [1.82, 2.24) is 13.9 Å². The van der Waals surface area contributed by atoms with Crippen LogP contribution in [0.3, 0.4) is 0 Å². The highest BCUT2D eigenvalue weighted by Gasteiger charge is 2.42. The highest BCUT2D eigenvalue weighted by atomic mass is 16.6. The molecule has 2 rings (SSSR count). The van der Waals surface area contributed by atoms with Crippen molar-refractivity contribution >= 4 is 11.9 Å². The summed E-state index contributed by atoms with van der Waals surface area (Å²) in [5.41, 5.74) is -3.62. The van der Waals surface area contributed by atoms with Gasteiger partial charge in [-0.3, -0.25) is 4.79 Å². The zero-order valence-electron chi connectivity index (χ0n) is 14.1. The zero-order chi connectivity index (χ0) is 18.3. The Balaban J connectivity index is 2.54. The molecule has 9 heteroatoms. The number of carboxylic acid groups (broad SMARTS) is 1. The van der Waals surface area contributed by atoms with Gasteiger partial charge in [-0.2, -0.15) is 0 Å². The molecule has 1 N–H and O–H groups in total. The fraction of sp³-hybridized carbons (Fsp3) is 0.600. The lowest BCUT2D eigenvalue weighted by atomic mass is 10.0. The lowest BCUT2D eigenvalue weighted by Gasteiger charge is -2.32. The van der Waals surface area contributed by atoms with E-state index in [2.05, 4.69) is 0 Å². The molecule has 1 atom stereocenters. The van der Waals surface area contributed by atoms with E-state index in [9.17, 15) is 19.2 Å². The number of carbonyl (C=O) groups is 2. The number of allylic oxidation sites excluding steroid dienone is 1. The van der Waals surface area contributed by atoms with Crippen molar-refractivity contribution in [3.63, 3.8) is 0 Å². The topological polar surface area (TPSA) is 113 Å². The van der Waals surface area contributed by atoms with Crippen LogP contribution in [-0.4, -0.2) is 36.6 Å². The van der Waals surface area contributed by atoms with Crippen LogP contribution in [0.1, 0.15) is 34.1 Å². The summed E-state index contributed by atoms with van der Waals surface area (Å²) in [6, 6.07) is 0. The second kappa shape index (κ2) is 5.81. The summed E-state index contributed by atoms with van der Waals surface area (Å²) >= 11 is 0. The number of ether oxygens (including phenoxy) is 1. The first-order chi connectivity index (χ1) is 11.0. The van der Waals surface area contributed by atoms with Crippen LogP contribution in [0, 0.1) is 0 Å². The van der Waals surface area contributed by atoms with Gasteiger partial charge >= 0.3 is 23.3 Å². The van der Waals surface area contributed by atoms with E-state index >= 15 is 0 Å². The number of fused-ring (bicyclic) bond motifs is 1. The number of hydrogen-bond donors (Lipinski definition) is 1. The Hall–Kier alpha value is -2.58. The number of carbonyl (C=O) groups excluding carboxylic acids is 1. The lowest BCUT2D eigenvalue weighted by molar-refractivity contribution is -0.164. The summed E-state index contributed by atoms with van der Waals surface area (Å²) in [7, 11) is 0. The molecular formula is C15H21N3O6. The molecule has 1 aliphatic rings. The SMILES string of the molecule is CC(C)(C)OC(=O)C1(C)C=CCn2c(=O)n(CCC(=O)O)c(=O)n21. The summed E-state index contributed by atoms with van der Waals surface area (Å²) in [5.74, 6) is -1.79. The van der Waals surface area contributed by atoms with Gasteiger partial charge in [-0.1, -0.05) is 6.08 Å². The summed E-state index contributed by atoms with van der Waals surface area (Å²) in [4.78, 5) is 48.3. The monoisotopic (exact) mass is 339 g/mol. The Labute approximate surface area is 137 Å². The summed E-state index contributed by atoms with van der Waals surface area (Å²) in [5, 5.41) is 8.76. The highest BCUT2D eigenvalue weighted by Crippen LogP contribution is 2.24. The molecule has 0 saturated heterocycles. The summed E-state index contributed by atoms with van der Waals surface area (Å²) < 4.78 is 8.35. The Kier molecular flexibility index (Phi) is 4.30. The molecule has 132 valence electrons. The average molecular weight is 339 g/mol. The van der Waals surface area contributed by atoms with Crippen molar-refractivity contribution in [1.29, 1.82) is 0 Å². The molecule has 2 heterocycles. The van der Waals surface area contributed by atoms with E-state index in [1.54, 1.807) is 26.8 Å². The molecule has 9 nitrogen and oxygen atoms in total. The highest BCUT2D eigenvalue weighted by molar-refractivity contribution is 5.81. The minimum absolute atomic E-state index is 0.118. The Bertz CT molecular complexity index is 820. The van der Waals surface area contributed by atoms with E-state index in [1.165, 1.54) is 13.0 Å². The first-order valence-electron chi connectivity index (χ1n) is 7.53. The van der Waals surface area contributed by atoms with E-state index in [1.807, 2.05) is 0 Å². The van der Waals surface area contributed by atoms with Gasteiger partial charge in [0.2, 0.25) is 0 Å². The van der Waals surface area contributed by atoms with Gasteiger partial charge in [0.15, 0.2) is 5.54 Å². The zero-order valence-corrected chi connectivity index (χ0v) is 14.1. The fourth-order valence-corrected chi connectivity index (χ4v) is 2.52. The Morgan fingerprint density at radius 1 is 1.29 bits per heavy atom. The van der Waals surface area contributed by atoms with Crippen LogP contribution >= 0.6 is 0 Å². The molecule has 0 aromatic carbocycles. The van der Waals surface area contributed by atoms with Gasteiger partial charge in [0, 0.05) is 6.54 Å². The molecule has 1 aromatic rings. The number of carboxylic acids is 1. The lowest BCUT2D eigenvalue weighted by Crippen LogP contribution is -2.51. The first kappa shape index (κ1) is 17.8. The summed E-state index contributed by atoms with van der Waals surface area (Å²) in [6.45, 7) is 6.45. The van der Waals surface area contributed by atoms with Crippen molar-refractivity contribution < 1.29 is 19.4 Å². The van der Waals surface area contributed by atoms with Crippen LogP contribution in [0.25, 0.3) is 0 Å². The normalized spacial score (nSPS) is 19.8. The van der Waals surface area contributed by atoms with Gasteiger partial charge in [-0.25, -0.2) is 28.3 Å². The van der Waals surface area contributed by atoms with Crippen LogP contribution in [-0.2, 0) is 33.0 Å². The number of esters is 1. The third-order valence-corrected chi connectivity index (χ3v) is 3.63. The number of rotatable bonds is 4. The van der Waals surface area contributed by atoms with Crippen molar-refractivity contribution in [3.05, 3.63) is 33.1 Å². The van der Waals surface area contributed by atoms with Gasteiger partial charge in [0.25, 0.3) is 0 Å². The van der Waals surface area contributed by atoms with Crippen LogP contribution in [0.15, 0.2) is 21.7 Å². The Morgan fingerprint density at radius 2 is 1.92 bits per heavy atom. The van der Waals surface area contributed by atoms with E-state index in [0.29, 0.717) is 0 Å². The molecule has 0 amide bonds. The van der Waals surface area contributed by atoms with Crippen LogP contribution < -0.4 is 11.4 Å². The molecule has 0 bridgehead atoms. The maximum absolute atomic E-state index is 12.6. The Morgan fingerprint density at radius 3 is 2.46 bits per heavy atom. The molecule has 24 heavy (non-hydrogen) atoms. The minimum atomic E-state index is -1.48. The molecule has 0 aliphatic carbocycles. The molecule has 1 aromatic heterocycles. The number of aliphatic carboxylic acids is 1. The average Bonchev–Trinajstić information content (AvgIpc) is 2.68. The maximum atomic E-state index is 12.6. The molecule has 0 radical (unpaired) electrons. The smallest absolute Gasteiger partial charge is 0.348 e. The van der Waals surface area contributed by atoms with Gasteiger partial charge in [0.1, 0.15) is 5.60 Å². The number of aromatic nitrogens is 3. The van der Waals surface area contributed by atoms with Crippen LogP contribution in [0.2, 0.25) is 0 Å². The molecule has 0 fully saturated rings. The van der Waals surface area contributed by atoms with Gasteiger partial charge in [0.05, 0.1) is 13.0 Å². The fourth-order valence-electron chi connectivity index (χ4n) is 2.52. The predicted molar refractivity (Wildman–Crippen MR) is 83.8 cm³/mol. The van der Waals surface area contributed by atoms with Crippen molar-refractivity contribution in [2.45, 2.75) is 58.3 Å². The molecular weight excluding hydrogens is 318 g/mol. The standard InChI is InChI=1S/C15H21N3O6/c1-14(2,3)24-11(21)15(4)7-5-8-17-12(22)16(9-6-10(19)20)13(23)18(15)17/h5,7H,6,8-9H2,1-4H3,(H,19,20). The van der Waals surface area contributed by atoms with E-state index in [4.69, 9.17) is 9.84 Å². The van der Waals surface area contributed by atoms with Crippen molar-refractivity contribution in [2.24, 2.45) is 0 Å². The minimum Gasteiger partial charge on any atom is -0.481 e. The van der Waals surface area contributed by atoms with Crippen LogP contribution in [0.4, 0.5) is 0 Å². The third-order valence-electron chi connectivity index (χ3n) is 3.63. The molecule has 0 saturated carbocycles. The first-order valence-corrected chi connectivity index (χ1v) is 7.53. The summed E-state index contributed by atoms with van der Waals surface area (Å²) in [6.07, 6.45) is 2.76. The van der Waals surface area contributed by atoms with Gasteiger partial charge < -0.3 is 9.84 Å². The van der Waals surface area contributed by atoms with Gasteiger partial charge in [-0.15, -0.1) is 0 Å². The quantitative estimate of drug-likeness (QED) is 0.606. The molecule has 1 aliphatic heterocycles. The van der Waals surface area contributed by atoms with Crippen LogP contribution in [0.5, 0.6) is 0 Å². The molecule has 0 spiro atoms. The van der Waals surface area contributed by atoms with E-state index in [-0.39, 0.29) is 19.5 Å². The molecule has 1 unspecified atom stereocenters. The van der Waals surface area contributed by atoms with E-state index in [0.717, 1.165) is 13.9 Å². The largest absolute Gasteiger partial charge is 0.481 e. The number of hydrogen-bond acceptors (Lipinski definition) is 5. The third kappa shape index (κ3) is 3.06. The van der Waals surface area contributed by atoms with E-state index < -0.39 is 34.5 Å². The second-order valence-corrected chi connectivity index (χ2v) is 6.81.